The number of hydrogen-bond acceptors (Lipinski definition) is 1. The van der Waals surface area contributed by atoms with Crippen LogP contribution < -0.4 is 4.74 Å². The molecular formula is C13H8Br2Cl2O. The van der Waals surface area contributed by atoms with Gasteiger partial charge in [-0.2, -0.15) is 0 Å². The second-order valence-corrected chi connectivity index (χ2v) is 6.04. The first-order valence-electron chi connectivity index (χ1n) is 5.07. The van der Waals surface area contributed by atoms with Crippen molar-refractivity contribution < 1.29 is 4.74 Å². The molecule has 94 valence electrons. The molecule has 0 saturated heterocycles. The summed E-state index contributed by atoms with van der Waals surface area (Å²) in [6.45, 7) is 0. The van der Waals surface area contributed by atoms with Gasteiger partial charge in [-0.15, -0.1) is 11.6 Å². The highest BCUT2D eigenvalue weighted by atomic mass is 79.9. The Labute approximate surface area is 132 Å². The number of halogens is 4. The second kappa shape index (κ2) is 6.29. The molecule has 0 aliphatic rings. The summed E-state index contributed by atoms with van der Waals surface area (Å²) in [5.74, 6) is 1.82. The first kappa shape index (κ1) is 14.2. The summed E-state index contributed by atoms with van der Waals surface area (Å²) in [4.78, 5) is 0. The van der Waals surface area contributed by atoms with Crippen molar-refractivity contribution in [2.45, 2.75) is 5.88 Å². The van der Waals surface area contributed by atoms with E-state index in [0.29, 0.717) is 16.7 Å². The van der Waals surface area contributed by atoms with E-state index in [-0.39, 0.29) is 0 Å². The highest BCUT2D eigenvalue weighted by molar-refractivity contribution is 9.10. The van der Waals surface area contributed by atoms with E-state index in [2.05, 4.69) is 31.9 Å². The molecule has 0 aliphatic carbocycles. The van der Waals surface area contributed by atoms with Crippen LogP contribution in [-0.4, -0.2) is 0 Å². The number of alkyl halides is 1. The molecule has 1 nitrogen and oxygen atoms in total. The summed E-state index contributed by atoms with van der Waals surface area (Å²) >= 11 is 18.6. The molecule has 0 N–H and O–H groups in total. The van der Waals surface area contributed by atoms with Crippen LogP contribution >= 0.6 is 55.1 Å². The second-order valence-electron chi connectivity index (χ2n) is 3.56. The monoisotopic (exact) mass is 408 g/mol. The highest BCUT2D eigenvalue weighted by Gasteiger charge is 2.08. The molecule has 2 rings (SSSR count). The molecule has 0 aromatic heterocycles. The predicted molar refractivity (Wildman–Crippen MR) is 82.9 cm³/mol. The quantitative estimate of drug-likeness (QED) is 0.532. The normalized spacial score (nSPS) is 10.4. The Hall–Kier alpha value is -0.220. The van der Waals surface area contributed by atoms with Gasteiger partial charge in [-0.1, -0.05) is 33.6 Å². The lowest BCUT2D eigenvalue weighted by Crippen LogP contribution is -1.90. The Balaban J connectivity index is 2.36. The van der Waals surface area contributed by atoms with Gasteiger partial charge in [-0.25, -0.2) is 0 Å². The minimum atomic E-state index is 0.397. The van der Waals surface area contributed by atoms with E-state index in [1.807, 2.05) is 24.3 Å². The largest absolute Gasteiger partial charge is 0.456 e. The van der Waals surface area contributed by atoms with Gasteiger partial charge >= 0.3 is 0 Å². The van der Waals surface area contributed by atoms with E-state index in [1.54, 1.807) is 12.1 Å². The minimum absolute atomic E-state index is 0.397. The van der Waals surface area contributed by atoms with Gasteiger partial charge in [-0.3, -0.25) is 0 Å². The molecule has 0 radical (unpaired) electrons. The van der Waals surface area contributed by atoms with Crippen molar-refractivity contribution in [3.05, 3.63) is 55.9 Å². The Morgan fingerprint density at radius 2 is 1.78 bits per heavy atom. The predicted octanol–water partition coefficient (Wildman–Crippen LogP) is 6.40. The van der Waals surface area contributed by atoms with E-state index in [4.69, 9.17) is 27.9 Å². The van der Waals surface area contributed by atoms with E-state index >= 15 is 0 Å². The molecule has 0 saturated carbocycles. The average Bonchev–Trinajstić information content (AvgIpc) is 2.33. The summed E-state index contributed by atoms with van der Waals surface area (Å²) in [6, 6.07) is 11.1. The van der Waals surface area contributed by atoms with E-state index in [9.17, 15) is 0 Å². The first-order valence-corrected chi connectivity index (χ1v) is 7.57. The molecule has 0 fully saturated rings. The molecule has 0 unspecified atom stereocenters. The van der Waals surface area contributed by atoms with Crippen LogP contribution in [0.1, 0.15) is 5.56 Å². The molecule has 5 heteroatoms. The van der Waals surface area contributed by atoms with Crippen molar-refractivity contribution in [2.24, 2.45) is 0 Å². The van der Waals surface area contributed by atoms with Crippen LogP contribution in [0.15, 0.2) is 45.3 Å². The third kappa shape index (κ3) is 3.41. The van der Waals surface area contributed by atoms with Gasteiger partial charge in [0.1, 0.15) is 11.5 Å². The van der Waals surface area contributed by atoms with Crippen molar-refractivity contribution in [1.29, 1.82) is 0 Å². The molecule has 0 atom stereocenters. The smallest absolute Gasteiger partial charge is 0.141 e. The summed E-state index contributed by atoms with van der Waals surface area (Å²) in [7, 11) is 0. The molecule has 0 bridgehead atoms. The zero-order valence-corrected chi connectivity index (χ0v) is 13.8. The molecule has 2 aromatic carbocycles. The van der Waals surface area contributed by atoms with Crippen LogP contribution in [0.3, 0.4) is 0 Å². The summed E-state index contributed by atoms with van der Waals surface area (Å²) in [5, 5.41) is 0.654. The van der Waals surface area contributed by atoms with Crippen LogP contribution in [0.5, 0.6) is 11.5 Å². The molecule has 18 heavy (non-hydrogen) atoms. The number of rotatable bonds is 3. The zero-order chi connectivity index (χ0) is 13.1. The van der Waals surface area contributed by atoms with Gasteiger partial charge in [0, 0.05) is 15.1 Å². The van der Waals surface area contributed by atoms with Crippen LogP contribution in [0.25, 0.3) is 0 Å². The van der Waals surface area contributed by atoms with Gasteiger partial charge in [0.05, 0.1) is 10.4 Å². The maximum atomic E-state index is 5.89. The fraction of sp³-hybridized carbons (Fsp3) is 0.0769. The topological polar surface area (TPSA) is 9.23 Å². The summed E-state index contributed by atoms with van der Waals surface area (Å²) < 4.78 is 7.59. The van der Waals surface area contributed by atoms with Gasteiger partial charge in [-0.05, 0) is 46.3 Å². The van der Waals surface area contributed by atoms with Gasteiger partial charge in [0.15, 0.2) is 0 Å². The minimum Gasteiger partial charge on any atom is -0.456 e. The summed E-state index contributed by atoms with van der Waals surface area (Å²) in [5.41, 5.74) is 0.932. The van der Waals surface area contributed by atoms with Crippen molar-refractivity contribution in [2.75, 3.05) is 0 Å². The fourth-order valence-electron chi connectivity index (χ4n) is 1.41. The average molecular weight is 411 g/mol. The third-order valence-electron chi connectivity index (χ3n) is 2.29. The maximum Gasteiger partial charge on any atom is 0.141 e. The molecule has 2 aromatic rings. The molecular weight excluding hydrogens is 403 g/mol. The third-order valence-corrected chi connectivity index (χ3v) is 3.92. The molecule has 0 spiro atoms. The zero-order valence-electron chi connectivity index (χ0n) is 9.09. The van der Waals surface area contributed by atoms with Gasteiger partial charge < -0.3 is 4.74 Å². The molecule has 0 aliphatic heterocycles. The Bertz CT molecular complexity index is 573. The number of ether oxygens (including phenoxy) is 1. The fourth-order valence-corrected chi connectivity index (χ4v) is 2.73. The van der Waals surface area contributed by atoms with E-state index < -0.39 is 0 Å². The first-order chi connectivity index (χ1) is 8.60. The van der Waals surface area contributed by atoms with Crippen molar-refractivity contribution >= 4 is 55.1 Å². The van der Waals surface area contributed by atoms with E-state index in [0.717, 1.165) is 20.3 Å². The van der Waals surface area contributed by atoms with Crippen molar-refractivity contribution in [3.8, 4) is 11.5 Å². The summed E-state index contributed by atoms with van der Waals surface area (Å²) in [6.07, 6.45) is 0. The van der Waals surface area contributed by atoms with Gasteiger partial charge in [0.2, 0.25) is 0 Å². The number of hydrogen-bond donors (Lipinski definition) is 0. The standard InChI is InChI=1S/C13H8Br2Cl2O/c14-9-2-1-8(7-16)13(5-9)18-12-4-3-10(17)6-11(12)15/h1-6H,7H2. The molecule has 0 amide bonds. The van der Waals surface area contributed by atoms with Crippen LogP contribution in [0, 0.1) is 0 Å². The van der Waals surface area contributed by atoms with Crippen molar-refractivity contribution in [1.82, 2.24) is 0 Å². The Morgan fingerprint density at radius 3 is 2.44 bits per heavy atom. The number of benzene rings is 2. The lowest BCUT2D eigenvalue weighted by atomic mass is 10.2. The Morgan fingerprint density at radius 1 is 1.00 bits per heavy atom. The van der Waals surface area contributed by atoms with Gasteiger partial charge in [0.25, 0.3) is 0 Å². The van der Waals surface area contributed by atoms with Crippen LogP contribution in [0.4, 0.5) is 0 Å². The highest BCUT2D eigenvalue weighted by Crippen LogP contribution is 2.35. The maximum absolute atomic E-state index is 5.89. The van der Waals surface area contributed by atoms with Crippen molar-refractivity contribution in [3.63, 3.8) is 0 Å². The van der Waals surface area contributed by atoms with E-state index in [1.165, 1.54) is 0 Å². The lowest BCUT2D eigenvalue weighted by Gasteiger charge is -2.11. The lowest BCUT2D eigenvalue weighted by molar-refractivity contribution is 0.475. The van der Waals surface area contributed by atoms with Crippen LogP contribution in [0.2, 0.25) is 5.02 Å². The van der Waals surface area contributed by atoms with Crippen LogP contribution in [-0.2, 0) is 5.88 Å². The SMILES string of the molecule is ClCc1ccc(Br)cc1Oc1ccc(Cl)cc1Br. The Kier molecular flexibility index (Phi) is 4.96. The molecule has 0 heterocycles.